The van der Waals surface area contributed by atoms with Crippen LogP contribution in [0.15, 0.2) is 47.7 Å². The van der Waals surface area contributed by atoms with E-state index in [4.69, 9.17) is 14.5 Å². The molecule has 0 unspecified atom stereocenters. The maximum atomic E-state index is 13.1. The normalized spacial score (nSPS) is 17.4. The first-order valence-electron chi connectivity index (χ1n) is 10.3. The van der Waals surface area contributed by atoms with Gasteiger partial charge in [-0.25, -0.2) is 14.8 Å². The van der Waals surface area contributed by atoms with Gasteiger partial charge in [-0.3, -0.25) is 9.47 Å². The third-order valence-corrected chi connectivity index (χ3v) is 5.77. The minimum Gasteiger partial charge on any atom is -0.497 e. The Morgan fingerprint density at radius 1 is 1.13 bits per heavy atom. The molecule has 1 fully saturated rings. The summed E-state index contributed by atoms with van der Waals surface area (Å²) in [6.45, 7) is 5.67. The molecule has 0 amide bonds. The number of morpholine rings is 1. The Bertz CT molecular complexity index is 1280. The average molecular weight is 420 g/mol. The SMILES string of the molecule is COc1ccc(Cn2c(=O)n3ncnc3c3cc(CN4CCOC[C@@H]4C)cnc32)cc1. The number of ether oxygens (including phenoxy) is 2. The van der Waals surface area contributed by atoms with Crippen molar-refractivity contribution in [1.29, 1.82) is 0 Å². The highest BCUT2D eigenvalue weighted by molar-refractivity contribution is 5.89. The minimum atomic E-state index is -0.266. The Balaban J connectivity index is 1.58. The van der Waals surface area contributed by atoms with Crippen LogP contribution in [0.2, 0.25) is 0 Å². The molecule has 1 atom stereocenters. The molecule has 0 bridgehead atoms. The van der Waals surface area contributed by atoms with Gasteiger partial charge in [-0.1, -0.05) is 12.1 Å². The molecule has 1 aromatic carbocycles. The third-order valence-electron chi connectivity index (χ3n) is 5.77. The fourth-order valence-electron chi connectivity index (χ4n) is 4.02. The lowest BCUT2D eigenvalue weighted by Gasteiger charge is -2.33. The lowest BCUT2D eigenvalue weighted by Crippen LogP contribution is -2.42. The zero-order chi connectivity index (χ0) is 21.4. The van der Waals surface area contributed by atoms with Gasteiger partial charge in [-0.15, -0.1) is 0 Å². The maximum Gasteiger partial charge on any atom is 0.352 e. The van der Waals surface area contributed by atoms with Crippen LogP contribution in [0.5, 0.6) is 5.75 Å². The van der Waals surface area contributed by atoms with Gasteiger partial charge in [0.25, 0.3) is 0 Å². The number of rotatable bonds is 5. The fraction of sp³-hybridized carbons (Fsp3) is 0.364. The van der Waals surface area contributed by atoms with Crippen molar-refractivity contribution >= 4 is 16.7 Å². The lowest BCUT2D eigenvalue weighted by molar-refractivity contribution is -0.00439. The first kappa shape index (κ1) is 19.7. The van der Waals surface area contributed by atoms with Crippen LogP contribution in [0, 0.1) is 0 Å². The van der Waals surface area contributed by atoms with E-state index >= 15 is 0 Å². The van der Waals surface area contributed by atoms with Crippen molar-refractivity contribution < 1.29 is 9.47 Å². The van der Waals surface area contributed by atoms with Crippen LogP contribution in [-0.2, 0) is 17.8 Å². The number of aromatic nitrogens is 5. The highest BCUT2D eigenvalue weighted by atomic mass is 16.5. The Kier molecular flexibility index (Phi) is 5.13. The van der Waals surface area contributed by atoms with Crippen LogP contribution in [0.1, 0.15) is 18.1 Å². The van der Waals surface area contributed by atoms with E-state index in [1.165, 1.54) is 10.8 Å². The second-order valence-electron chi connectivity index (χ2n) is 7.82. The Morgan fingerprint density at radius 2 is 1.97 bits per heavy atom. The molecule has 0 saturated carbocycles. The van der Waals surface area contributed by atoms with Crippen LogP contribution < -0.4 is 10.4 Å². The first-order valence-corrected chi connectivity index (χ1v) is 10.3. The van der Waals surface area contributed by atoms with Gasteiger partial charge in [0.15, 0.2) is 5.65 Å². The molecule has 4 aromatic rings. The van der Waals surface area contributed by atoms with E-state index in [-0.39, 0.29) is 5.69 Å². The highest BCUT2D eigenvalue weighted by Crippen LogP contribution is 2.20. The number of benzene rings is 1. The number of hydrogen-bond donors (Lipinski definition) is 0. The zero-order valence-electron chi connectivity index (χ0n) is 17.6. The molecule has 9 nitrogen and oxygen atoms in total. The summed E-state index contributed by atoms with van der Waals surface area (Å²) >= 11 is 0. The molecule has 3 aromatic heterocycles. The predicted molar refractivity (Wildman–Crippen MR) is 115 cm³/mol. The average Bonchev–Trinajstić information content (AvgIpc) is 3.29. The van der Waals surface area contributed by atoms with Gasteiger partial charge in [0, 0.05) is 25.3 Å². The largest absolute Gasteiger partial charge is 0.497 e. The predicted octanol–water partition coefficient (Wildman–Crippen LogP) is 1.72. The van der Waals surface area contributed by atoms with E-state index in [1.807, 2.05) is 30.5 Å². The molecule has 0 aliphatic carbocycles. The molecule has 0 spiro atoms. The summed E-state index contributed by atoms with van der Waals surface area (Å²) in [6, 6.07) is 10.1. The Hall–Kier alpha value is -3.30. The van der Waals surface area contributed by atoms with Crippen molar-refractivity contribution in [1.82, 2.24) is 29.0 Å². The van der Waals surface area contributed by atoms with E-state index in [0.29, 0.717) is 23.9 Å². The summed E-state index contributed by atoms with van der Waals surface area (Å²) < 4.78 is 13.8. The van der Waals surface area contributed by atoms with Gasteiger partial charge < -0.3 is 9.47 Å². The number of nitrogens with zero attached hydrogens (tertiary/aromatic N) is 6. The summed E-state index contributed by atoms with van der Waals surface area (Å²) in [5.74, 6) is 0.771. The molecule has 9 heteroatoms. The summed E-state index contributed by atoms with van der Waals surface area (Å²) in [6.07, 6.45) is 3.26. The Labute approximate surface area is 178 Å². The summed E-state index contributed by atoms with van der Waals surface area (Å²) in [5.41, 5.74) is 2.89. The smallest absolute Gasteiger partial charge is 0.352 e. The van der Waals surface area contributed by atoms with Crippen molar-refractivity contribution in [3.63, 3.8) is 0 Å². The van der Waals surface area contributed by atoms with Crippen molar-refractivity contribution in [2.24, 2.45) is 0 Å². The molecule has 1 aliphatic heterocycles. The van der Waals surface area contributed by atoms with Gasteiger partial charge >= 0.3 is 5.69 Å². The van der Waals surface area contributed by atoms with Crippen LogP contribution in [0.25, 0.3) is 16.7 Å². The Morgan fingerprint density at radius 3 is 2.74 bits per heavy atom. The molecule has 0 radical (unpaired) electrons. The van der Waals surface area contributed by atoms with Gasteiger partial charge in [0.1, 0.15) is 17.7 Å². The number of methoxy groups -OCH3 is 1. The first-order chi connectivity index (χ1) is 15.1. The lowest BCUT2D eigenvalue weighted by atomic mass is 10.1. The second-order valence-corrected chi connectivity index (χ2v) is 7.82. The van der Waals surface area contributed by atoms with Crippen molar-refractivity contribution in [2.75, 3.05) is 26.9 Å². The van der Waals surface area contributed by atoms with Gasteiger partial charge in [-0.05, 0) is 36.2 Å². The second kappa shape index (κ2) is 8.09. The van der Waals surface area contributed by atoms with Crippen LogP contribution in [0.4, 0.5) is 0 Å². The fourth-order valence-corrected chi connectivity index (χ4v) is 4.02. The molecule has 0 N–H and O–H groups in total. The van der Waals surface area contributed by atoms with E-state index in [2.05, 4.69) is 28.0 Å². The van der Waals surface area contributed by atoms with E-state index in [0.717, 1.165) is 48.6 Å². The highest BCUT2D eigenvalue weighted by Gasteiger charge is 2.20. The molecule has 5 rings (SSSR count). The van der Waals surface area contributed by atoms with Gasteiger partial charge in [0.05, 0.1) is 32.3 Å². The standard InChI is InChI=1S/C22H24N6O3/c1-15-13-31-8-7-26(15)11-17-9-19-20(23-10-17)27(22(29)28-21(19)24-14-25-28)12-16-3-5-18(30-2)6-4-16/h3-6,9-10,14-15H,7-8,11-13H2,1-2H3/t15-/m0/s1. The number of hydrogen-bond acceptors (Lipinski definition) is 7. The number of pyridine rings is 1. The van der Waals surface area contributed by atoms with E-state index in [9.17, 15) is 4.79 Å². The molecule has 1 saturated heterocycles. The molecule has 160 valence electrons. The van der Waals surface area contributed by atoms with Crippen molar-refractivity contribution in [2.45, 2.75) is 26.1 Å². The molecule has 1 aliphatic rings. The summed E-state index contributed by atoms with van der Waals surface area (Å²) in [7, 11) is 1.63. The minimum absolute atomic E-state index is 0.266. The van der Waals surface area contributed by atoms with Crippen LogP contribution in [0.3, 0.4) is 0 Å². The summed E-state index contributed by atoms with van der Waals surface area (Å²) in [4.78, 5) is 24.5. The van der Waals surface area contributed by atoms with Gasteiger partial charge in [-0.2, -0.15) is 9.61 Å². The van der Waals surface area contributed by atoms with Crippen LogP contribution in [-0.4, -0.2) is 62.0 Å². The molecular formula is C22H24N6O3. The van der Waals surface area contributed by atoms with Crippen LogP contribution >= 0.6 is 0 Å². The monoisotopic (exact) mass is 420 g/mol. The third kappa shape index (κ3) is 3.66. The van der Waals surface area contributed by atoms with E-state index < -0.39 is 0 Å². The molecule has 4 heterocycles. The topological polar surface area (TPSA) is 86.8 Å². The van der Waals surface area contributed by atoms with Crippen molar-refractivity contribution in [3.8, 4) is 5.75 Å². The maximum absolute atomic E-state index is 13.1. The molecule has 31 heavy (non-hydrogen) atoms. The molecular weight excluding hydrogens is 396 g/mol. The quantitative estimate of drug-likeness (QED) is 0.486. The summed E-state index contributed by atoms with van der Waals surface area (Å²) in [5, 5.41) is 4.96. The number of fused-ring (bicyclic) bond motifs is 3. The van der Waals surface area contributed by atoms with Gasteiger partial charge in [0.2, 0.25) is 0 Å². The zero-order valence-corrected chi connectivity index (χ0v) is 17.6. The van der Waals surface area contributed by atoms with Crippen molar-refractivity contribution in [3.05, 3.63) is 64.5 Å². The van der Waals surface area contributed by atoms with E-state index in [1.54, 1.807) is 11.7 Å².